The minimum atomic E-state index is 0.844. The molecule has 0 aromatic carbocycles. The van der Waals surface area contributed by atoms with Gasteiger partial charge in [-0.25, -0.2) is 0 Å². The molecule has 0 aromatic heterocycles. The summed E-state index contributed by atoms with van der Waals surface area (Å²) in [6.45, 7) is 7.65. The molecule has 0 saturated heterocycles. The molecule has 0 fully saturated rings. The Balaban J connectivity index is 3.24. The van der Waals surface area contributed by atoms with Crippen LogP contribution in [0.15, 0.2) is 0 Å². The Morgan fingerprint density at radius 3 is 2.50 bits per heavy atom. The van der Waals surface area contributed by atoms with Crippen LogP contribution >= 0.6 is 0 Å². The Morgan fingerprint density at radius 1 is 1.33 bits per heavy atom. The lowest BCUT2D eigenvalue weighted by Crippen LogP contribution is -2.25. The molecule has 0 aliphatic heterocycles. The Labute approximate surface area is 76.9 Å². The van der Waals surface area contributed by atoms with Crippen LogP contribution in [0.4, 0.5) is 0 Å². The molecule has 0 saturated carbocycles. The van der Waals surface area contributed by atoms with E-state index in [0.717, 1.165) is 19.1 Å². The van der Waals surface area contributed by atoms with Crippen LogP contribution in [0.25, 0.3) is 0 Å². The van der Waals surface area contributed by atoms with Gasteiger partial charge in [0.15, 0.2) is 0 Å². The Hall–Kier alpha value is -0.0800. The topological polar surface area (TPSA) is 12.5 Å². The maximum atomic E-state index is 5.00. The van der Waals surface area contributed by atoms with E-state index in [1.165, 1.54) is 19.4 Å². The third-order valence-corrected chi connectivity index (χ3v) is 2.38. The van der Waals surface area contributed by atoms with Gasteiger partial charge in [0.1, 0.15) is 0 Å². The van der Waals surface area contributed by atoms with Crippen molar-refractivity contribution in [2.75, 3.05) is 33.9 Å². The van der Waals surface area contributed by atoms with Crippen molar-refractivity contribution in [3.8, 4) is 0 Å². The van der Waals surface area contributed by atoms with Crippen molar-refractivity contribution in [3.05, 3.63) is 0 Å². The lowest BCUT2D eigenvalue weighted by molar-refractivity contribution is 0.158. The van der Waals surface area contributed by atoms with Gasteiger partial charge in [-0.05, 0) is 25.9 Å². The first kappa shape index (κ1) is 11.9. The molecule has 1 atom stereocenters. The summed E-state index contributed by atoms with van der Waals surface area (Å²) in [5.41, 5.74) is 0. The fourth-order valence-corrected chi connectivity index (χ4v) is 1.00. The van der Waals surface area contributed by atoms with Crippen LogP contribution < -0.4 is 0 Å². The maximum Gasteiger partial charge on any atom is 0.0589 e. The molecule has 2 nitrogen and oxygen atoms in total. The average Bonchev–Trinajstić information content (AvgIpc) is 2.10. The van der Waals surface area contributed by atoms with Crippen LogP contribution in [0.2, 0.25) is 0 Å². The lowest BCUT2D eigenvalue weighted by Gasteiger charge is -2.17. The summed E-state index contributed by atoms with van der Waals surface area (Å²) in [7, 11) is 3.91. The van der Waals surface area contributed by atoms with E-state index in [1.807, 2.05) is 0 Å². The third-order valence-electron chi connectivity index (χ3n) is 2.38. The molecule has 2 heteroatoms. The molecule has 0 aliphatic rings. The van der Waals surface area contributed by atoms with Crippen molar-refractivity contribution in [1.82, 2.24) is 4.90 Å². The minimum Gasteiger partial charge on any atom is -0.383 e. The van der Waals surface area contributed by atoms with E-state index in [2.05, 4.69) is 25.8 Å². The van der Waals surface area contributed by atoms with Gasteiger partial charge in [-0.15, -0.1) is 0 Å². The lowest BCUT2D eigenvalue weighted by atomic mass is 10.1. The van der Waals surface area contributed by atoms with Crippen molar-refractivity contribution < 1.29 is 4.74 Å². The van der Waals surface area contributed by atoms with Gasteiger partial charge in [-0.1, -0.05) is 20.3 Å². The first-order valence-electron chi connectivity index (χ1n) is 4.88. The highest BCUT2D eigenvalue weighted by Gasteiger charge is 2.01. The van der Waals surface area contributed by atoms with Crippen LogP contribution in [0.1, 0.15) is 26.7 Å². The summed E-state index contributed by atoms with van der Waals surface area (Å²) in [6.07, 6.45) is 2.59. The zero-order valence-corrected chi connectivity index (χ0v) is 8.97. The van der Waals surface area contributed by atoms with Gasteiger partial charge in [0.25, 0.3) is 0 Å². The van der Waals surface area contributed by atoms with E-state index in [-0.39, 0.29) is 0 Å². The predicted octanol–water partition coefficient (Wildman–Crippen LogP) is 2.00. The molecular formula is C10H23NO. The second-order valence-corrected chi connectivity index (χ2v) is 3.60. The number of hydrogen-bond donors (Lipinski definition) is 0. The van der Waals surface area contributed by atoms with Crippen molar-refractivity contribution in [2.24, 2.45) is 5.92 Å². The molecule has 74 valence electrons. The van der Waals surface area contributed by atoms with Gasteiger partial charge >= 0.3 is 0 Å². The van der Waals surface area contributed by atoms with Crippen molar-refractivity contribution in [2.45, 2.75) is 26.7 Å². The molecule has 0 N–H and O–H groups in total. The van der Waals surface area contributed by atoms with E-state index >= 15 is 0 Å². The summed E-state index contributed by atoms with van der Waals surface area (Å²) in [5.74, 6) is 0.856. The molecule has 0 aromatic rings. The summed E-state index contributed by atoms with van der Waals surface area (Å²) in [6, 6.07) is 0. The van der Waals surface area contributed by atoms with Gasteiger partial charge in [0, 0.05) is 13.7 Å². The van der Waals surface area contributed by atoms with E-state index < -0.39 is 0 Å². The molecule has 0 radical (unpaired) electrons. The van der Waals surface area contributed by atoms with E-state index in [4.69, 9.17) is 4.74 Å². The zero-order valence-electron chi connectivity index (χ0n) is 8.97. The fourth-order valence-electron chi connectivity index (χ4n) is 1.00. The van der Waals surface area contributed by atoms with Gasteiger partial charge in [0.2, 0.25) is 0 Å². The Morgan fingerprint density at radius 2 is 2.00 bits per heavy atom. The summed E-state index contributed by atoms with van der Waals surface area (Å²) >= 11 is 0. The molecule has 0 aliphatic carbocycles. The number of nitrogens with zero attached hydrogens (tertiary/aromatic N) is 1. The second-order valence-electron chi connectivity index (χ2n) is 3.60. The van der Waals surface area contributed by atoms with Crippen LogP contribution in [0, 0.1) is 5.92 Å². The van der Waals surface area contributed by atoms with Gasteiger partial charge in [0.05, 0.1) is 6.61 Å². The highest BCUT2D eigenvalue weighted by molar-refractivity contribution is 4.55. The van der Waals surface area contributed by atoms with Crippen molar-refractivity contribution in [1.29, 1.82) is 0 Å². The van der Waals surface area contributed by atoms with Crippen LogP contribution in [0.5, 0.6) is 0 Å². The first-order chi connectivity index (χ1) is 5.70. The summed E-state index contributed by atoms with van der Waals surface area (Å²) < 4.78 is 5.00. The van der Waals surface area contributed by atoms with E-state index in [0.29, 0.717) is 0 Å². The highest BCUT2D eigenvalue weighted by atomic mass is 16.5. The Bertz CT molecular complexity index is 95.8. The zero-order chi connectivity index (χ0) is 9.40. The number of methoxy groups -OCH3 is 1. The van der Waals surface area contributed by atoms with Crippen LogP contribution in [-0.2, 0) is 4.74 Å². The van der Waals surface area contributed by atoms with Crippen LogP contribution in [0.3, 0.4) is 0 Å². The smallest absolute Gasteiger partial charge is 0.0589 e. The van der Waals surface area contributed by atoms with E-state index in [1.54, 1.807) is 7.11 Å². The molecule has 12 heavy (non-hydrogen) atoms. The summed E-state index contributed by atoms with van der Waals surface area (Å²) in [4.78, 5) is 2.33. The quantitative estimate of drug-likeness (QED) is 0.584. The largest absolute Gasteiger partial charge is 0.383 e. The molecule has 0 bridgehead atoms. The van der Waals surface area contributed by atoms with Gasteiger partial charge < -0.3 is 9.64 Å². The standard InChI is InChI=1S/C10H23NO/c1-5-10(2)6-7-11(3)8-9-12-4/h10H,5-9H2,1-4H3. The highest BCUT2D eigenvalue weighted by Crippen LogP contribution is 2.06. The van der Waals surface area contributed by atoms with Crippen molar-refractivity contribution >= 4 is 0 Å². The maximum absolute atomic E-state index is 5.00. The fraction of sp³-hybridized carbons (Fsp3) is 1.00. The first-order valence-corrected chi connectivity index (χ1v) is 4.88. The molecule has 0 heterocycles. The van der Waals surface area contributed by atoms with Gasteiger partial charge in [-0.3, -0.25) is 0 Å². The third kappa shape index (κ3) is 6.62. The minimum absolute atomic E-state index is 0.844. The number of rotatable bonds is 7. The predicted molar refractivity (Wildman–Crippen MR) is 53.4 cm³/mol. The molecule has 0 amide bonds. The number of ether oxygens (including phenoxy) is 1. The van der Waals surface area contributed by atoms with Crippen LogP contribution in [-0.4, -0.2) is 38.8 Å². The Kier molecular flexibility index (Phi) is 7.51. The molecule has 0 rings (SSSR count). The molecule has 0 spiro atoms. The normalized spacial score (nSPS) is 13.8. The molecule has 1 unspecified atom stereocenters. The number of likely N-dealkylation sites (N-methyl/N-ethyl adjacent to an activating group) is 1. The monoisotopic (exact) mass is 173 g/mol. The van der Waals surface area contributed by atoms with E-state index in [9.17, 15) is 0 Å². The SMILES string of the molecule is CCC(C)CCN(C)CCOC. The average molecular weight is 173 g/mol. The summed E-state index contributed by atoms with van der Waals surface area (Å²) in [5, 5.41) is 0. The van der Waals surface area contributed by atoms with Gasteiger partial charge in [-0.2, -0.15) is 0 Å². The van der Waals surface area contributed by atoms with Crippen molar-refractivity contribution in [3.63, 3.8) is 0 Å². The molecular weight excluding hydrogens is 150 g/mol. The second kappa shape index (κ2) is 7.56. The number of hydrogen-bond acceptors (Lipinski definition) is 2.